The lowest BCUT2D eigenvalue weighted by Crippen LogP contribution is -2.41. The Morgan fingerprint density at radius 2 is 1.68 bits per heavy atom. The van der Waals surface area contributed by atoms with Gasteiger partial charge in [0.05, 0.1) is 41.8 Å². The van der Waals surface area contributed by atoms with Crippen LogP contribution in [0.1, 0.15) is 37.9 Å². The number of carbonyl (C=O) groups excluding carboxylic acids is 3. The molecule has 41 heavy (non-hydrogen) atoms. The molecule has 0 N–H and O–H groups in total. The minimum absolute atomic E-state index is 0.165. The van der Waals surface area contributed by atoms with Crippen LogP contribution in [0, 0.1) is 0 Å². The molecule has 1 amide bonds. The number of hydrogen-bond donors (Lipinski definition) is 0. The Balaban J connectivity index is 1.74. The standard InChI is InChI=1S/C30H30N4O6S/c1-6-39-22(35)16-33-21-11-9-8-10-20(21)24(27(33)36)26-28(37)34-25(18-12-14-19(15-13-18)32(4)5)23(29(38)40-7-2)17(3)31-30(34)41-26/h8-15,25H,6-7,16H2,1-5H3/b26-24+/t25-/m0/s1. The number of aromatic nitrogens is 1. The van der Waals surface area contributed by atoms with Gasteiger partial charge in [0, 0.05) is 25.3 Å². The number of fused-ring (bicyclic) bond motifs is 2. The molecule has 0 bridgehead atoms. The predicted octanol–water partition coefficient (Wildman–Crippen LogP) is 2.14. The number of carbonyl (C=O) groups is 3. The van der Waals surface area contributed by atoms with Crippen molar-refractivity contribution in [1.82, 2.24) is 4.57 Å². The van der Waals surface area contributed by atoms with Gasteiger partial charge in [-0.25, -0.2) is 9.79 Å². The van der Waals surface area contributed by atoms with Crippen molar-refractivity contribution in [2.75, 3.05) is 43.7 Å². The molecule has 212 valence electrons. The highest BCUT2D eigenvalue weighted by atomic mass is 32.1. The molecule has 0 radical (unpaired) electrons. The van der Waals surface area contributed by atoms with E-state index in [9.17, 15) is 19.2 Å². The Bertz CT molecular complexity index is 1770. The monoisotopic (exact) mass is 574 g/mol. The van der Waals surface area contributed by atoms with Crippen LogP contribution in [-0.4, -0.2) is 56.3 Å². The SMILES string of the molecule is CCOC(=O)CN1C(=O)/C(=c2/sc3n(c2=O)[C@@H](c2ccc(N(C)C)cc2)C(C(=O)OCC)=C(C)N=3)c2ccccc21. The maximum atomic E-state index is 14.2. The van der Waals surface area contributed by atoms with Crippen molar-refractivity contribution in [3.8, 4) is 0 Å². The van der Waals surface area contributed by atoms with Crippen molar-refractivity contribution in [1.29, 1.82) is 0 Å². The summed E-state index contributed by atoms with van der Waals surface area (Å²) in [5, 5.41) is 0. The zero-order valence-corrected chi connectivity index (χ0v) is 24.3. The summed E-state index contributed by atoms with van der Waals surface area (Å²) >= 11 is 1.08. The van der Waals surface area contributed by atoms with Gasteiger partial charge in [-0.1, -0.05) is 41.7 Å². The molecule has 0 unspecified atom stereocenters. The first kappa shape index (κ1) is 28.0. The molecule has 11 heteroatoms. The lowest BCUT2D eigenvalue weighted by Gasteiger charge is -2.25. The summed E-state index contributed by atoms with van der Waals surface area (Å²) in [6.45, 7) is 5.20. The highest BCUT2D eigenvalue weighted by Gasteiger charge is 2.38. The van der Waals surface area contributed by atoms with Crippen LogP contribution < -0.4 is 24.7 Å². The first-order chi connectivity index (χ1) is 19.7. The second kappa shape index (κ2) is 11.2. The van der Waals surface area contributed by atoms with Crippen LogP contribution >= 0.6 is 11.3 Å². The summed E-state index contributed by atoms with van der Waals surface area (Å²) in [7, 11) is 3.85. The highest BCUT2D eigenvalue weighted by molar-refractivity contribution is 7.07. The maximum Gasteiger partial charge on any atom is 0.338 e. The van der Waals surface area contributed by atoms with Gasteiger partial charge < -0.3 is 14.4 Å². The van der Waals surface area contributed by atoms with E-state index in [0.29, 0.717) is 27.3 Å². The molecule has 0 spiro atoms. The molecule has 3 aromatic rings. The summed E-state index contributed by atoms with van der Waals surface area (Å²) in [6, 6.07) is 13.8. The van der Waals surface area contributed by atoms with Gasteiger partial charge in [-0.2, -0.15) is 0 Å². The molecule has 0 saturated carbocycles. The van der Waals surface area contributed by atoms with Crippen LogP contribution in [-0.2, 0) is 23.9 Å². The van der Waals surface area contributed by atoms with E-state index in [2.05, 4.69) is 4.99 Å². The van der Waals surface area contributed by atoms with Gasteiger partial charge in [0.1, 0.15) is 11.1 Å². The summed E-state index contributed by atoms with van der Waals surface area (Å²) in [4.78, 5) is 61.8. The third-order valence-corrected chi connectivity index (χ3v) is 8.01. The average Bonchev–Trinajstić information content (AvgIpc) is 3.40. The number of hydrogen-bond acceptors (Lipinski definition) is 9. The van der Waals surface area contributed by atoms with Crippen molar-refractivity contribution in [3.63, 3.8) is 0 Å². The Morgan fingerprint density at radius 3 is 2.34 bits per heavy atom. The van der Waals surface area contributed by atoms with Gasteiger partial charge in [-0.15, -0.1) is 0 Å². The minimum Gasteiger partial charge on any atom is -0.465 e. The van der Waals surface area contributed by atoms with Crippen molar-refractivity contribution in [2.24, 2.45) is 4.99 Å². The number of ether oxygens (including phenoxy) is 2. The summed E-state index contributed by atoms with van der Waals surface area (Å²) in [6.07, 6.45) is 0. The van der Waals surface area contributed by atoms with Gasteiger partial charge in [-0.3, -0.25) is 23.9 Å². The van der Waals surface area contributed by atoms with E-state index in [1.165, 1.54) is 9.47 Å². The molecule has 0 saturated heterocycles. The number of thiazole rings is 1. The van der Waals surface area contributed by atoms with Crippen molar-refractivity contribution >= 4 is 46.1 Å². The zero-order valence-electron chi connectivity index (χ0n) is 23.5. The summed E-state index contributed by atoms with van der Waals surface area (Å²) in [5.41, 5.74) is 3.14. The van der Waals surface area contributed by atoms with Gasteiger partial charge in [-0.05, 0) is 44.5 Å². The third kappa shape index (κ3) is 4.86. The van der Waals surface area contributed by atoms with E-state index in [1.807, 2.05) is 43.3 Å². The van der Waals surface area contributed by atoms with Gasteiger partial charge in [0.25, 0.3) is 11.5 Å². The fourth-order valence-electron chi connectivity index (χ4n) is 5.10. The second-order valence-electron chi connectivity index (χ2n) is 9.70. The molecule has 2 aliphatic heterocycles. The van der Waals surface area contributed by atoms with Crippen LogP contribution in [0.3, 0.4) is 0 Å². The number of anilines is 2. The van der Waals surface area contributed by atoms with Crippen molar-refractivity contribution < 1.29 is 23.9 Å². The molecule has 5 rings (SSSR count). The van der Waals surface area contributed by atoms with Crippen molar-refractivity contribution in [2.45, 2.75) is 26.8 Å². The van der Waals surface area contributed by atoms with Gasteiger partial charge >= 0.3 is 11.9 Å². The zero-order chi connectivity index (χ0) is 29.4. The Morgan fingerprint density at radius 1 is 1.00 bits per heavy atom. The highest BCUT2D eigenvalue weighted by Crippen LogP contribution is 2.36. The summed E-state index contributed by atoms with van der Waals surface area (Å²) in [5.74, 6) is -1.58. The number of amides is 1. The molecule has 0 aliphatic carbocycles. The van der Waals surface area contributed by atoms with E-state index in [4.69, 9.17) is 9.47 Å². The third-order valence-electron chi connectivity index (χ3n) is 6.96. The number of para-hydroxylation sites is 1. The van der Waals surface area contributed by atoms with E-state index in [0.717, 1.165) is 17.0 Å². The van der Waals surface area contributed by atoms with E-state index in [1.54, 1.807) is 45.0 Å². The van der Waals surface area contributed by atoms with E-state index >= 15 is 0 Å². The molecule has 0 fully saturated rings. The largest absolute Gasteiger partial charge is 0.465 e. The van der Waals surface area contributed by atoms with Crippen LogP contribution in [0.15, 0.2) is 69.6 Å². The first-order valence-corrected chi connectivity index (χ1v) is 14.1. The van der Waals surface area contributed by atoms with Crippen LogP contribution in [0.2, 0.25) is 0 Å². The molecule has 1 atom stereocenters. The molecule has 2 aliphatic rings. The predicted molar refractivity (Wildman–Crippen MR) is 156 cm³/mol. The fourth-order valence-corrected chi connectivity index (χ4v) is 6.24. The van der Waals surface area contributed by atoms with Gasteiger partial charge in [0.15, 0.2) is 4.80 Å². The molecule has 2 aromatic carbocycles. The van der Waals surface area contributed by atoms with E-state index < -0.39 is 29.4 Å². The Labute approximate surface area is 240 Å². The quantitative estimate of drug-likeness (QED) is 0.398. The van der Waals surface area contributed by atoms with Crippen LogP contribution in [0.5, 0.6) is 0 Å². The van der Waals surface area contributed by atoms with Crippen molar-refractivity contribution in [3.05, 3.63) is 90.6 Å². The number of benzene rings is 2. The minimum atomic E-state index is -0.807. The lowest BCUT2D eigenvalue weighted by molar-refractivity contribution is -0.142. The van der Waals surface area contributed by atoms with Gasteiger partial charge in [0.2, 0.25) is 0 Å². The normalized spacial score (nSPS) is 17.1. The molecular formula is C30H30N4O6S. The number of nitrogens with zero attached hydrogens (tertiary/aromatic N) is 4. The van der Waals surface area contributed by atoms with E-state index in [-0.39, 0.29) is 35.4 Å². The molecule has 1 aromatic heterocycles. The molecular weight excluding hydrogens is 544 g/mol. The number of esters is 2. The molecule has 3 heterocycles. The average molecular weight is 575 g/mol. The Hall–Kier alpha value is -4.51. The second-order valence-corrected chi connectivity index (χ2v) is 10.7. The number of rotatable bonds is 7. The maximum absolute atomic E-state index is 14.2. The Kier molecular flexibility index (Phi) is 7.63. The number of allylic oxidation sites excluding steroid dienone is 1. The smallest absolute Gasteiger partial charge is 0.338 e. The summed E-state index contributed by atoms with van der Waals surface area (Å²) < 4.78 is 12.1. The lowest BCUT2D eigenvalue weighted by atomic mass is 9.95. The van der Waals surface area contributed by atoms with Crippen LogP contribution in [0.25, 0.3) is 5.57 Å². The fraction of sp³-hybridized carbons (Fsp3) is 0.300. The molecule has 10 nitrogen and oxygen atoms in total. The first-order valence-electron chi connectivity index (χ1n) is 13.2. The van der Waals surface area contributed by atoms with Crippen LogP contribution in [0.4, 0.5) is 11.4 Å². The topological polar surface area (TPSA) is 111 Å².